The van der Waals surface area contributed by atoms with Crippen LogP contribution in [0.4, 0.5) is 18.9 Å². The Morgan fingerprint density at radius 2 is 1.65 bits per heavy atom. The molecule has 0 spiro atoms. The van der Waals surface area contributed by atoms with Gasteiger partial charge in [0, 0.05) is 23.3 Å². The number of unbranched alkanes of at least 4 members (excludes halogenated alkanes) is 1. The molecule has 2 amide bonds. The van der Waals surface area contributed by atoms with Crippen LogP contribution >= 0.6 is 11.6 Å². The van der Waals surface area contributed by atoms with Crippen LogP contribution in [0.3, 0.4) is 0 Å². The van der Waals surface area contributed by atoms with E-state index >= 15 is 0 Å². The zero-order valence-corrected chi connectivity index (χ0v) is 22.5. The van der Waals surface area contributed by atoms with Crippen LogP contribution < -0.4 is 4.90 Å². The molecule has 9 heteroatoms. The Labute approximate surface area is 235 Å². The lowest BCUT2D eigenvalue weighted by molar-refractivity contribution is -0.137. The van der Waals surface area contributed by atoms with Gasteiger partial charge >= 0.3 is 6.18 Å². The Balaban J connectivity index is 1.54. The molecule has 0 saturated carbocycles. The first-order valence-corrected chi connectivity index (χ1v) is 13.4. The molecular formula is C31H27ClF3N3O2. The minimum atomic E-state index is -4.58. The molecule has 0 aliphatic carbocycles. The topological polar surface area (TPSA) is 45.6 Å². The first-order valence-electron chi connectivity index (χ1n) is 13.0. The fourth-order valence-corrected chi connectivity index (χ4v) is 5.20. The second-order valence-electron chi connectivity index (χ2n) is 9.67. The standard InChI is InChI=1S/C31H27ClF3N3O2/c1-2-3-17-36(30(40)22-8-6-9-23(19-22)31(33,34)35)20-28(39)38-26-11-5-4-10-25(26)37-18-7-12-27(37)29(38)21-13-15-24(32)16-14-21/h4-16,18-19,29H,2-3,17,20H2,1H3. The molecule has 1 aromatic heterocycles. The van der Waals surface area contributed by atoms with Gasteiger partial charge in [-0.1, -0.05) is 55.3 Å². The van der Waals surface area contributed by atoms with Crippen LogP contribution in [0.5, 0.6) is 0 Å². The van der Waals surface area contributed by atoms with Crippen molar-refractivity contribution < 1.29 is 22.8 Å². The molecule has 4 aromatic rings. The number of nitrogens with zero attached hydrogens (tertiary/aromatic N) is 3. The fraction of sp³-hybridized carbons (Fsp3) is 0.226. The zero-order chi connectivity index (χ0) is 28.4. The van der Waals surface area contributed by atoms with E-state index in [2.05, 4.69) is 0 Å². The molecule has 0 radical (unpaired) electrons. The van der Waals surface area contributed by atoms with E-state index in [0.717, 1.165) is 35.5 Å². The molecule has 1 aliphatic heterocycles. The molecule has 3 aromatic carbocycles. The van der Waals surface area contributed by atoms with E-state index in [4.69, 9.17) is 11.6 Å². The highest BCUT2D eigenvalue weighted by atomic mass is 35.5. The molecule has 5 rings (SSSR count). The SMILES string of the molecule is CCCCN(CC(=O)N1c2ccccc2-n2cccc2C1c1ccc(Cl)cc1)C(=O)c1cccc(C(F)(F)F)c1. The maximum atomic E-state index is 14.2. The molecule has 1 atom stereocenters. The van der Waals surface area contributed by atoms with Gasteiger partial charge in [0.15, 0.2) is 0 Å². The smallest absolute Gasteiger partial charge is 0.329 e. The maximum absolute atomic E-state index is 14.2. The molecule has 0 bridgehead atoms. The number of carbonyl (C=O) groups is 2. The predicted molar refractivity (Wildman–Crippen MR) is 149 cm³/mol. The van der Waals surface area contributed by atoms with Gasteiger partial charge in [-0.25, -0.2) is 0 Å². The number of aromatic nitrogens is 1. The van der Waals surface area contributed by atoms with Gasteiger partial charge in [-0.05, 0) is 66.6 Å². The van der Waals surface area contributed by atoms with E-state index in [9.17, 15) is 22.8 Å². The lowest BCUT2D eigenvalue weighted by Crippen LogP contribution is -2.47. The second kappa shape index (κ2) is 11.2. The lowest BCUT2D eigenvalue weighted by atomic mass is 9.97. The molecule has 206 valence electrons. The second-order valence-corrected chi connectivity index (χ2v) is 10.1. The van der Waals surface area contributed by atoms with Gasteiger partial charge in [0.2, 0.25) is 5.91 Å². The number of carbonyl (C=O) groups excluding carboxylic acids is 2. The monoisotopic (exact) mass is 565 g/mol. The zero-order valence-electron chi connectivity index (χ0n) is 21.7. The highest BCUT2D eigenvalue weighted by Crippen LogP contribution is 2.42. The number of para-hydroxylation sites is 2. The summed E-state index contributed by atoms with van der Waals surface area (Å²) in [5.41, 5.74) is 2.15. The molecule has 1 aliphatic rings. The quantitative estimate of drug-likeness (QED) is 0.232. The van der Waals surface area contributed by atoms with Crippen LogP contribution in [0, 0.1) is 0 Å². The van der Waals surface area contributed by atoms with Crippen molar-refractivity contribution >= 4 is 29.1 Å². The summed E-state index contributed by atoms with van der Waals surface area (Å²) >= 11 is 6.16. The Morgan fingerprint density at radius 1 is 0.925 bits per heavy atom. The van der Waals surface area contributed by atoms with E-state index < -0.39 is 23.7 Å². The number of alkyl halides is 3. The summed E-state index contributed by atoms with van der Waals surface area (Å²) in [5.74, 6) is -0.971. The molecule has 1 unspecified atom stereocenters. The summed E-state index contributed by atoms with van der Waals surface area (Å²) in [7, 11) is 0. The Kier molecular flexibility index (Phi) is 7.72. The van der Waals surface area contributed by atoms with Crippen LogP contribution in [-0.4, -0.2) is 34.4 Å². The van der Waals surface area contributed by atoms with E-state index in [-0.39, 0.29) is 24.6 Å². The van der Waals surface area contributed by atoms with Crippen molar-refractivity contribution in [3.05, 3.63) is 119 Å². The van der Waals surface area contributed by atoms with Crippen LogP contribution in [-0.2, 0) is 11.0 Å². The average Bonchev–Trinajstić information content (AvgIpc) is 3.44. The van der Waals surface area contributed by atoms with Gasteiger partial charge in [0.05, 0.1) is 22.6 Å². The summed E-state index contributed by atoms with van der Waals surface area (Å²) in [4.78, 5) is 30.7. The maximum Gasteiger partial charge on any atom is 0.416 e. The molecule has 5 nitrogen and oxygen atoms in total. The summed E-state index contributed by atoms with van der Waals surface area (Å²) < 4.78 is 42.1. The minimum Gasteiger partial charge on any atom is -0.329 e. The number of fused-ring (bicyclic) bond motifs is 3. The van der Waals surface area contributed by atoms with Gasteiger partial charge in [0.1, 0.15) is 12.6 Å². The molecule has 0 fully saturated rings. The van der Waals surface area contributed by atoms with Gasteiger partial charge in [0.25, 0.3) is 5.91 Å². The summed E-state index contributed by atoms with van der Waals surface area (Å²) in [6.07, 6.45) is -1.31. The van der Waals surface area contributed by atoms with Crippen molar-refractivity contribution in [2.75, 3.05) is 18.0 Å². The third-order valence-electron chi connectivity index (χ3n) is 7.01. The highest BCUT2D eigenvalue weighted by Gasteiger charge is 2.37. The van der Waals surface area contributed by atoms with Crippen LogP contribution in [0.1, 0.15) is 53.0 Å². The molecule has 2 heterocycles. The number of hydrogen-bond donors (Lipinski definition) is 0. The van der Waals surface area contributed by atoms with Crippen molar-refractivity contribution in [2.24, 2.45) is 0 Å². The Bertz CT molecular complexity index is 1530. The minimum absolute atomic E-state index is 0.110. The largest absolute Gasteiger partial charge is 0.416 e. The third kappa shape index (κ3) is 5.36. The number of hydrogen-bond acceptors (Lipinski definition) is 2. The van der Waals surface area contributed by atoms with Gasteiger partial charge in [-0.2, -0.15) is 13.2 Å². The Hall–Kier alpha value is -4.04. The number of benzene rings is 3. The van der Waals surface area contributed by atoms with Crippen molar-refractivity contribution in [2.45, 2.75) is 32.0 Å². The molecule has 40 heavy (non-hydrogen) atoms. The molecule has 0 N–H and O–H groups in total. The number of amides is 2. The normalized spacial score (nSPS) is 14.4. The van der Waals surface area contributed by atoms with Gasteiger partial charge in [-0.15, -0.1) is 0 Å². The Morgan fingerprint density at radius 3 is 2.35 bits per heavy atom. The van der Waals surface area contributed by atoms with Crippen LogP contribution in [0.25, 0.3) is 5.69 Å². The average molecular weight is 566 g/mol. The van der Waals surface area contributed by atoms with E-state index in [1.807, 2.05) is 66.2 Å². The number of halogens is 4. The fourth-order valence-electron chi connectivity index (χ4n) is 5.07. The van der Waals surface area contributed by atoms with E-state index in [0.29, 0.717) is 17.1 Å². The summed E-state index contributed by atoms with van der Waals surface area (Å²) in [6, 6.07) is 22.4. The van der Waals surface area contributed by atoms with Crippen LogP contribution in [0.15, 0.2) is 91.1 Å². The van der Waals surface area contributed by atoms with Crippen molar-refractivity contribution in [1.82, 2.24) is 9.47 Å². The van der Waals surface area contributed by atoms with Crippen LogP contribution in [0.2, 0.25) is 5.02 Å². The van der Waals surface area contributed by atoms with Gasteiger partial charge in [-0.3, -0.25) is 14.5 Å². The molecular weight excluding hydrogens is 539 g/mol. The van der Waals surface area contributed by atoms with Gasteiger partial charge < -0.3 is 9.47 Å². The predicted octanol–water partition coefficient (Wildman–Crippen LogP) is 7.53. The first-order chi connectivity index (χ1) is 19.2. The summed E-state index contributed by atoms with van der Waals surface area (Å²) in [6.45, 7) is 1.88. The number of anilines is 1. The lowest BCUT2D eigenvalue weighted by Gasteiger charge is -2.39. The molecule has 0 saturated heterocycles. The first kappa shape index (κ1) is 27.5. The number of rotatable bonds is 7. The van der Waals surface area contributed by atoms with E-state index in [1.165, 1.54) is 17.0 Å². The van der Waals surface area contributed by atoms with E-state index in [1.54, 1.807) is 17.0 Å². The third-order valence-corrected chi connectivity index (χ3v) is 7.26. The van der Waals surface area contributed by atoms with Crippen molar-refractivity contribution in [3.8, 4) is 5.69 Å². The van der Waals surface area contributed by atoms with Crippen molar-refractivity contribution in [1.29, 1.82) is 0 Å². The van der Waals surface area contributed by atoms with Crippen molar-refractivity contribution in [3.63, 3.8) is 0 Å². The summed E-state index contributed by atoms with van der Waals surface area (Å²) in [5, 5.41) is 0.561. The highest BCUT2D eigenvalue weighted by molar-refractivity contribution is 6.30.